The standard InChI is InChI=1S/C23H32FN5O/c1-16(2)28-22(30)29-20-11-9-17(10-12-20)14-26-21(25-5)27-15-23(3,4)18-7-6-8-19(24)13-18/h6-13,16H,14-15H2,1-5H3,(H2,25,26,27)(H2,28,29,30). The quantitative estimate of drug-likeness (QED) is 0.409. The molecule has 0 saturated heterocycles. The van der Waals surface area contributed by atoms with E-state index in [1.807, 2.05) is 44.2 Å². The molecule has 0 radical (unpaired) electrons. The Morgan fingerprint density at radius 3 is 2.40 bits per heavy atom. The van der Waals surface area contributed by atoms with Gasteiger partial charge in [-0.2, -0.15) is 0 Å². The molecule has 0 fully saturated rings. The fraction of sp³-hybridized carbons (Fsp3) is 0.391. The lowest BCUT2D eigenvalue weighted by molar-refractivity contribution is 0.250. The summed E-state index contributed by atoms with van der Waals surface area (Å²) in [7, 11) is 1.71. The molecule has 2 aromatic carbocycles. The van der Waals surface area contributed by atoms with Crippen LogP contribution < -0.4 is 21.3 Å². The maximum absolute atomic E-state index is 13.5. The Bertz CT molecular complexity index is 862. The van der Waals surface area contributed by atoms with Crippen molar-refractivity contribution >= 4 is 17.7 Å². The van der Waals surface area contributed by atoms with E-state index in [0.29, 0.717) is 19.0 Å². The second-order valence-electron chi connectivity index (χ2n) is 8.12. The van der Waals surface area contributed by atoms with E-state index >= 15 is 0 Å². The molecule has 2 amide bonds. The van der Waals surface area contributed by atoms with Crippen LogP contribution in [0.2, 0.25) is 0 Å². The molecule has 0 aliphatic carbocycles. The molecule has 0 spiro atoms. The fourth-order valence-corrected chi connectivity index (χ4v) is 2.86. The van der Waals surface area contributed by atoms with Gasteiger partial charge in [0.1, 0.15) is 5.82 Å². The van der Waals surface area contributed by atoms with Gasteiger partial charge in [-0.05, 0) is 49.2 Å². The van der Waals surface area contributed by atoms with Crippen LogP contribution in [0, 0.1) is 5.82 Å². The number of nitrogens with zero attached hydrogens (tertiary/aromatic N) is 1. The van der Waals surface area contributed by atoms with Gasteiger partial charge in [0.05, 0.1) is 0 Å². The maximum atomic E-state index is 13.5. The monoisotopic (exact) mass is 413 g/mol. The predicted octanol–water partition coefficient (Wildman–Crippen LogP) is 4.00. The Balaban J connectivity index is 1.86. The van der Waals surface area contributed by atoms with Crippen LogP contribution in [0.1, 0.15) is 38.8 Å². The van der Waals surface area contributed by atoms with E-state index in [4.69, 9.17) is 0 Å². The summed E-state index contributed by atoms with van der Waals surface area (Å²) in [5.41, 5.74) is 2.45. The third kappa shape index (κ3) is 7.39. The zero-order chi connectivity index (χ0) is 22.1. The van der Waals surface area contributed by atoms with Gasteiger partial charge >= 0.3 is 6.03 Å². The van der Waals surface area contributed by atoms with Gasteiger partial charge in [-0.25, -0.2) is 9.18 Å². The number of nitrogens with one attached hydrogen (secondary N) is 4. The number of hydrogen-bond acceptors (Lipinski definition) is 2. The van der Waals surface area contributed by atoms with Crippen molar-refractivity contribution in [2.24, 2.45) is 4.99 Å². The van der Waals surface area contributed by atoms with Crippen molar-refractivity contribution in [3.8, 4) is 0 Å². The van der Waals surface area contributed by atoms with E-state index in [2.05, 4.69) is 40.1 Å². The van der Waals surface area contributed by atoms with Gasteiger partial charge in [-0.1, -0.05) is 38.1 Å². The minimum atomic E-state index is -0.260. The summed E-state index contributed by atoms with van der Waals surface area (Å²) in [4.78, 5) is 16.0. The number of anilines is 1. The molecule has 2 aromatic rings. The Hall–Kier alpha value is -3.09. The maximum Gasteiger partial charge on any atom is 0.319 e. The number of benzene rings is 2. The molecule has 0 heterocycles. The molecule has 0 aromatic heterocycles. The zero-order valence-corrected chi connectivity index (χ0v) is 18.3. The molecular weight excluding hydrogens is 381 g/mol. The molecule has 6 nitrogen and oxygen atoms in total. The van der Waals surface area contributed by atoms with Gasteiger partial charge in [0.2, 0.25) is 0 Å². The van der Waals surface area contributed by atoms with Crippen molar-refractivity contribution in [3.63, 3.8) is 0 Å². The highest BCUT2D eigenvalue weighted by molar-refractivity contribution is 5.89. The number of urea groups is 1. The molecule has 0 saturated carbocycles. The smallest absolute Gasteiger partial charge is 0.319 e. The molecule has 0 aliphatic heterocycles. The lowest BCUT2D eigenvalue weighted by atomic mass is 9.84. The largest absolute Gasteiger partial charge is 0.356 e. The van der Waals surface area contributed by atoms with E-state index in [-0.39, 0.29) is 23.3 Å². The van der Waals surface area contributed by atoms with Gasteiger partial charge in [0.25, 0.3) is 0 Å². The number of halogens is 1. The molecule has 30 heavy (non-hydrogen) atoms. The lowest BCUT2D eigenvalue weighted by Crippen LogP contribution is -2.43. The molecule has 2 rings (SSSR count). The van der Waals surface area contributed by atoms with E-state index in [1.54, 1.807) is 19.2 Å². The normalized spacial score (nSPS) is 11.9. The fourth-order valence-electron chi connectivity index (χ4n) is 2.86. The SMILES string of the molecule is CN=C(NCc1ccc(NC(=O)NC(C)C)cc1)NCC(C)(C)c1cccc(F)c1. The summed E-state index contributed by atoms with van der Waals surface area (Å²) in [5, 5.41) is 12.2. The number of carbonyl (C=O) groups is 1. The highest BCUT2D eigenvalue weighted by Crippen LogP contribution is 2.22. The third-order valence-corrected chi connectivity index (χ3v) is 4.62. The van der Waals surface area contributed by atoms with Crippen LogP contribution in [0.5, 0.6) is 0 Å². The van der Waals surface area contributed by atoms with E-state index < -0.39 is 0 Å². The minimum absolute atomic E-state index is 0.0821. The van der Waals surface area contributed by atoms with Gasteiger partial charge < -0.3 is 21.3 Å². The number of guanidine groups is 1. The van der Waals surface area contributed by atoms with Gasteiger partial charge in [0, 0.05) is 37.3 Å². The summed E-state index contributed by atoms with van der Waals surface area (Å²) in [6, 6.07) is 14.1. The van der Waals surface area contributed by atoms with Crippen LogP contribution >= 0.6 is 0 Å². The average Bonchev–Trinajstić information content (AvgIpc) is 2.68. The first-order chi connectivity index (χ1) is 14.2. The van der Waals surface area contributed by atoms with Crippen molar-refractivity contribution in [1.82, 2.24) is 16.0 Å². The van der Waals surface area contributed by atoms with Crippen LogP contribution in [-0.4, -0.2) is 31.6 Å². The van der Waals surface area contributed by atoms with Crippen LogP contribution in [0.4, 0.5) is 14.9 Å². The average molecular weight is 414 g/mol. The second-order valence-corrected chi connectivity index (χ2v) is 8.12. The van der Waals surface area contributed by atoms with Gasteiger partial charge in [-0.3, -0.25) is 4.99 Å². The third-order valence-electron chi connectivity index (χ3n) is 4.62. The molecule has 7 heteroatoms. The van der Waals surface area contributed by atoms with Gasteiger partial charge in [-0.15, -0.1) is 0 Å². The Morgan fingerprint density at radius 1 is 1.10 bits per heavy atom. The summed E-state index contributed by atoms with van der Waals surface area (Å²) in [6.07, 6.45) is 0. The second kappa shape index (κ2) is 10.6. The summed E-state index contributed by atoms with van der Waals surface area (Å²) >= 11 is 0. The highest BCUT2D eigenvalue weighted by atomic mass is 19.1. The number of hydrogen-bond donors (Lipinski definition) is 4. The van der Waals surface area contributed by atoms with Crippen molar-refractivity contribution < 1.29 is 9.18 Å². The number of carbonyl (C=O) groups excluding carboxylic acids is 1. The minimum Gasteiger partial charge on any atom is -0.356 e. The molecular formula is C23H32FN5O. The number of aliphatic imine (C=N–C) groups is 1. The molecule has 0 aliphatic rings. The summed E-state index contributed by atoms with van der Waals surface area (Å²) in [6.45, 7) is 9.12. The van der Waals surface area contributed by atoms with Crippen LogP contribution in [0.25, 0.3) is 0 Å². The number of rotatable bonds is 7. The molecule has 0 atom stereocenters. The summed E-state index contributed by atoms with van der Waals surface area (Å²) in [5.74, 6) is 0.431. The highest BCUT2D eigenvalue weighted by Gasteiger charge is 2.21. The Labute approximate surface area is 178 Å². The van der Waals surface area contributed by atoms with Gasteiger partial charge in [0.15, 0.2) is 5.96 Å². The number of amides is 2. The first-order valence-electron chi connectivity index (χ1n) is 10.1. The van der Waals surface area contributed by atoms with Crippen molar-refractivity contribution in [2.45, 2.75) is 45.7 Å². The molecule has 0 unspecified atom stereocenters. The van der Waals surface area contributed by atoms with Crippen molar-refractivity contribution in [1.29, 1.82) is 0 Å². The van der Waals surface area contributed by atoms with Crippen LogP contribution in [0.3, 0.4) is 0 Å². The van der Waals surface area contributed by atoms with E-state index in [1.165, 1.54) is 6.07 Å². The predicted molar refractivity (Wildman–Crippen MR) is 121 cm³/mol. The van der Waals surface area contributed by atoms with Crippen molar-refractivity contribution in [2.75, 3.05) is 18.9 Å². The molecule has 4 N–H and O–H groups in total. The lowest BCUT2D eigenvalue weighted by Gasteiger charge is -2.27. The van der Waals surface area contributed by atoms with Crippen LogP contribution in [-0.2, 0) is 12.0 Å². The Morgan fingerprint density at radius 2 is 1.80 bits per heavy atom. The Kier molecular flexibility index (Phi) is 8.21. The van der Waals surface area contributed by atoms with Crippen LogP contribution in [0.15, 0.2) is 53.5 Å². The molecule has 162 valence electrons. The van der Waals surface area contributed by atoms with E-state index in [0.717, 1.165) is 16.8 Å². The first-order valence-corrected chi connectivity index (χ1v) is 10.1. The molecule has 0 bridgehead atoms. The zero-order valence-electron chi connectivity index (χ0n) is 18.3. The topological polar surface area (TPSA) is 77.5 Å². The van der Waals surface area contributed by atoms with Crippen molar-refractivity contribution in [3.05, 3.63) is 65.5 Å². The summed E-state index contributed by atoms with van der Waals surface area (Å²) < 4.78 is 13.5. The first kappa shape index (κ1) is 23.2. The van der Waals surface area contributed by atoms with E-state index in [9.17, 15) is 9.18 Å².